The Bertz CT molecular complexity index is 308. The summed E-state index contributed by atoms with van der Waals surface area (Å²) in [6.07, 6.45) is 2.13. The lowest BCUT2D eigenvalue weighted by atomic mass is 10.2. The van der Waals surface area contributed by atoms with Gasteiger partial charge in [0, 0.05) is 37.6 Å². The van der Waals surface area contributed by atoms with Crippen LogP contribution in [0.25, 0.3) is 0 Å². The highest BCUT2D eigenvalue weighted by atomic mass is 32.2. The fourth-order valence-corrected chi connectivity index (χ4v) is 2.38. The standard InChI is InChI=1S/C12H18N2S/c1-15-12-4-2-3-11(9-12)10-14-7-5-13-6-8-14/h2-4,9,13H,5-8,10H2,1H3. The summed E-state index contributed by atoms with van der Waals surface area (Å²) >= 11 is 1.81. The first-order chi connectivity index (χ1) is 7.38. The summed E-state index contributed by atoms with van der Waals surface area (Å²) in [5, 5.41) is 3.38. The molecule has 1 heterocycles. The molecule has 0 aliphatic carbocycles. The zero-order valence-corrected chi connectivity index (χ0v) is 10.0. The second-order valence-corrected chi connectivity index (χ2v) is 4.76. The zero-order valence-electron chi connectivity index (χ0n) is 9.20. The molecule has 0 spiro atoms. The molecule has 1 aliphatic rings. The average Bonchev–Trinajstić information content (AvgIpc) is 2.31. The second kappa shape index (κ2) is 5.54. The van der Waals surface area contributed by atoms with Crippen molar-refractivity contribution in [1.29, 1.82) is 0 Å². The highest BCUT2D eigenvalue weighted by molar-refractivity contribution is 7.98. The van der Waals surface area contributed by atoms with Gasteiger partial charge < -0.3 is 5.32 Å². The van der Waals surface area contributed by atoms with Gasteiger partial charge in [-0.05, 0) is 24.0 Å². The van der Waals surface area contributed by atoms with Gasteiger partial charge in [0.1, 0.15) is 0 Å². The van der Waals surface area contributed by atoms with E-state index in [0.29, 0.717) is 0 Å². The highest BCUT2D eigenvalue weighted by Crippen LogP contribution is 2.17. The van der Waals surface area contributed by atoms with E-state index >= 15 is 0 Å². The topological polar surface area (TPSA) is 15.3 Å². The molecule has 1 aliphatic heterocycles. The van der Waals surface area contributed by atoms with E-state index in [1.165, 1.54) is 23.5 Å². The first kappa shape index (κ1) is 11.0. The number of thioether (sulfide) groups is 1. The number of rotatable bonds is 3. The molecule has 3 heteroatoms. The van der Waals surface area contributed by atoms with E-state index in [9.17, 15) is 0 Å². The monoisotopic (exact) mass is 222 g/mol. The van der Waals surface area contributed by atoms with Crippen LogP contribution in [0.3, 0.4) is 0 Å². The minimum atomic E-state index is 1.09. The van der Waals surface area contributed by atoms with Gasteiger partial charge >= 0.3 is 0 Å². The number of nitrogens with zero attached hydrogens (tertiary/aromatic N) is 1. The van der Waals surface area contributed by atoms with E-state index in [1.54, 1.807) is 0 Å². The van der Waals surface area contributed by atoms with Crippen LogP contribution in [0.1, 0.15) is 5.56 Å². The Hall–Kier alpha value is -0.510. The van der Waals surface area contributed by atoms with E-state index in [-0.39, 0.29) is 0 Å². The maximum atomic E-state index is 3.38. The molecule has 1 aromatic carbocycles. The van der Waals surface area contributed by atoms with Gasteiger partial charge in [-0.3, -0.25) is 4.90 Å². The van der Waals surface area contributed by atoms with Crippen LogP contribution in [0.15, 0.2) is 29.2 Å². The number of hydrogen-bond donors (Lipinski definition) is 1. The number of benzene rings is 1. The minimum Gasteiger partial charge on any atom is -0.314 e. The Labute approximate surface area is 96.0 Å². The fraction of sp³-hybridized carbons (Fsp3) is 0.500. The summed E-state index contributed by atoms with van der Waals surface area (Å²) < 4.78 is 0. The lowest BCUT2D eigenvalue weighted by Gasteiger charge is -2.27. The molecule has 1 aromatic rings. The summed E-state index contributed by atoms with van der Waals surface area (Å²) in [5.41, 5.74) is 1.43. The van der Waals surface area contributed by atoms with Crippen LogP contribution in [0, 0.1) is 0 Å². The van der Waals surface area contributed by atoms with Crippen LogP contribution in [0.2, 0.25) is 0 Å². The van der Waals surface area contributed by atoms with E-state index in [4.69, 9.17) is 0 Å². The van der Waals surface area contributed by atoms with Gasteiger partial charge in [0.15, 0.2) is 0 Å². The lowest BCUT2D eigenvalue weighted by Crippen LogP contribution is -2.42. The molecule has 82 valence electrons. The van der Waals surface area contributed by atoms with Gasteiger partial charge in [0.2, 0.25) is 0 Å². The molecule has 0 radical (unpaired) electrons. The maximum Gasteiger partial charge on any atom is 0.0235 e. The first-order valence-electron chi connectivity index (χ1n) is 5.44. The zero-order chi connectivity index (χ0) is 10.5. The van der Waals surface area contributed by atoms with Gasteiger partial charge in [-0.2, -0.15) is 0 Å². The smallest absolute Gasteiger partial charge is 0.0235 e. The minimum absolute atomic E-state index is 1.09. The van der Waals surface area contributed by atoms with E-state index < -0.39 is 0 Å². The molecule has 1 N–H and O–H groups in total. The summed E-state index contributed by atoms with van der Waals surface area (Å²) in [5.74, 6) is 0. The number of hydrogen-bond acceptors (Lipinski definition) is 3. The van der Waals surface area contributed by atoms with Gasteiger partial charge in [-0.25, -0.2) is 0 Å². The van der Waals surface area contributed by atoms with Crippen molar-refractivity contribution >= 4 is 11.8 Å². The quantitative estimate of drug-likeness (QED) is 0.785. The third kappa shape index (κ3) is 3.23. The van der Waals surface area contributed by atoms with Crippen LogP contribution < -0.4 is 5.32 Å². The predicted octanol–water partition coefficient (Wildman–Crippen LogP) is 1.81. The molecule has 0 unspecified atom stereocenters. The van der Waals surface area contributed by atoms with Crippen LogP contribution in [0.5, 0.6) is 0 Å². The van der Waals surface area contributed by atoms with Crippen molar-refractivity contribution < 1.29 is 0 Å². The van der Waals surface area contributed by atoms with Gasteiger partial charge in [-0.1, -0.05) is 12.1 Å². The van der Waals surface area contributed by atoms with Gasteiger partial charge in [0.05, 0.1) is 0 Å². The molecule has 1 saturated heterocycles. The molecular formula is C12H18N2S. The van der Waals surface area contributed by atoms with Crippen molar-refractivity contribution in [3.63, 3.8) is 0 Å². The van der Waals surface area contributed by atoms with E-state index in [2.05, 4.69) is 40.7 Å². The number of piperazine rings is 1. The predicted molar refractivity (Wildman–Crippen MR) is 66.4 cm³/mol. The third-order valence-electron chi connectivity index (χ3n) is 2.75. The van der Waals surface area contributed by atoms with Crippen LogP contribution in [0.4, 0.5) is 0 Å². The summed E-state index contributed by atoms with van der Waals surface area (Å²) in [6, 6.07) is 8.85. The Morgan fingerprint density at radius 3 is 2.87 bits per heavy atom. The molecule has 15 heavy (non-hydrogen) atoms. The summed E-state index contributed by atoms with van der Waals surface area (Å²) in [7, 11) is 0. The summed E-state index contributed by atoms with van der Waals surface area (Å²) in [4.78, 5) is 3.87. The summed E-state index contributed by atoms with van der Waals surface area (Å²) in [6.45, 7) is 5.69. The molecule has 1 fully saturated rings. The molecular weight excluding hydrogens is 204 g/mol. The largest absolute Gasteiger partial charge is 0.314 e. The Morgan fingerprint density at radius 2 is 2.13 bits per heavy atom. The van der Waals surface area contributed by atoms with Crippen molar-refractivity contribution in [2.24, 2.45) is 0 Å². The van der Waals surface area contributed by atoms with Crippen molar-refractivity contribution in [1.82, 2.24) is 10.2 Å². The molecule has 0 bridgehead atoms. The normalized spacial score (nSPS) is 17.9. The third-order valence-corrected chi connectivity index (χ3v) is 3.48. The molecule has 2 nitrogen and oxygen atoms in total. The van der Waals surface area contributed by atoms with Crippen LogP contribution in [-0.4, -0.2) is 37.3 Å². The molecule has 2 rings (SSSR count). The first-order valence-corrected chi connectivity index (χ1v) is 6.67. The van der Waals surface area contributed by atoms with E-state index in [1.807, 2.05) is 11.8 Å². The Kier molecular flexibility index (Phi) is 4.06. The SMILES string of the molecule is CSc1cccc(CN2CCNCC2)c1. The van der Waals surface area contributed by atoms with Gasteiger partial charge in [0.25, 0.3) is 0 Å². The van der Waals surface area contributed by atoms with Crippen LogP contribution >= 0.6 is 11.8 Å². The Morgan fingerprint density at radius 1 is 1.33 bits per heavy atom. The maximum absolute atomic E-state index is 3.38. The van der Waals surface area contributed by atoms with Crippen LogP contribution in [-0.2, 0) is 6.54 Å². The Balaban J connectivity index is 1.96. The van der Waals surface area contributed by atoms with Gasteiger partial charge in [-0.15, -0.1) is 11.8 Å². The highest BCUT2D eigenvalue weighted by Gasteiger charge is 2.09. The average molecular weight is 222 g/mol. The lowest BCUT2D eigenvalue weighted by molar-refractivity contribution is 0.233. The number of nitrogens with one attached hydrogen (secondary N) is 1. The van der Waals surface area contributed by atoms with E-state index in [0.717, 1.165) is 19.6 Å². The van der Waals surface area contributed by atoms with Crippen molar-refractivity contribution in [3.05, 3.63) is 29.8 Å². The molecule has 0 saturated carbocycles. The molecule has 0 amide bonds. The molecule has 0 aromatic heterocycles. The second-order valence-electron chi connectivity index (χ2n) is 3.88. The van der Waals surface area contributed by atoms with Crippen molar-refractivity contribution in [2.45, 2.75) is 11.4 Å². The van der Waals surface area contributed by atoms with Crippen molar-refractivity contribution in [2.75, 3.05) is 32.4 Å². The fourth-order valence-electron chi connectivity index (χ4n) is 1.90. The van der Waals surface area contributed by atoms with Crippen molar-refractivity contribution in [3.8, 4) is 0 Å². The molecule has 0 atom stereocenters.